The Balaban J connectivity index is 3.92. The van der Waals surface area contributed by atoms with Gasteiger partial charge < -0.3 is 19.3 Å². The molecule has 0 aliphatic heterocycles. The molecule has 0 heterocycles. The summed E-state index contributed by atoms with van der Waals surface area (Å²) in [6.45, 7) is 3.67. The number of esters is 2. The normalized spacial score (nSPS) is 12.6. The number of phosphoric acid groups is 1. The van der Waals surface area contributed by atoms with Crippen LogP contribution in [0.25, 0.3) is 0 Å². The monoisotopic (exact) mass is 729 g/mol. The predicted octanol–water partition coefficient (Wildman–Crippen LogP) is 12.4. The van der Waals surface area contributed by atoms with E-state index in [9.17, 15) is 14.2 Å². The van der Waals surface area contributed by atoms with E-state index in [1.165, 1.54) is 109 Å². The first-order valence-electron chi connectivity index (χ1n) is 20.6. The van der Waals surface area contributed by atoms with Crippen molar-refractivity contribution < 1.29 is 37.9 Å². The number of rotatable bonds is 38. The number of carbonyl (C=O) groups excluding carboxylic acids is 2. The molecular formula is C41H77O8P. The molecule has 0 aromatic carbocycles. The van der Waals surface area contributed by atoms with Crippen molar-refractivity contribution in [3.63, 3.8) is 0 Å². The highest BCUT2D eigenvalue weighted by Gasteiger charge is 2.22. The SMILES string of the molecule is CCCCCCC/C=C\CCCCCCCC(=O)OCC(COP(=O)(O)O)OC(=O)CCCCCCCCC/C=C\CCCCCCCCC. The fourth-order valence-electron chi connectivity index (χ4n) is 5.83. The first-order chi connectivity index (χ1) is 24.3. The van der Waals surface area contributed by atoms with E-state index >= 15 is 0 Å². The highest BCUT2D eigenvalue weighted by Crippen LogP contribution is 2.36. The highest BCUT2D eigenvalue weighted by atomic mass is 31.2. The third-order valence-electron chi connectivity index (χ3n) is 8.94. The highest BCUT2D eigenvalue weighted by molar-refractivity contribution is 7.46. The first-order valence-corrected chi connectivity index (χ1v) is 22.2. The van der Waals surface area contributed by atoms with Crippen LogP contribution in [0.3, 0.4) is 0 Å². The molecule has 294 valence electrons. The maximum absolute atomic E-state index is 12.4. The van der Waals surface area contributed by atoms with Gasteiger partial charge in [0.1, 0.15) is 6.61 Å². The van der Waals surface area contributed by atoms with Crippen molar-refractivity contribution in [3.8, 4) is 0 Å². The van der Waals surface area contributed by atoms with Crippen LogP contribution < -0.4 is 0 Å². The van der Waals surface area contributed by atoms with Gasteiger partial charge in [0.05, 0.1) is 6.61 Å². The molecule has 1 atom stereocenters. The zero-order valence-corrected chi connectivity index (χ0v) is 33.2. The summed E-state index contributed by atoms with van der Waals surface area (Å²) in [7, 11) is -4.75. The Bertz CT molecular complexity index is 869. The number of ether oxygens (including phenoxy) is 2. The largest absolute Gasteiger partial charge is 0.469 e. The summed E-state index contributed by atoms with van der Waals surface area (Å²) in [5.41, 5.74) is 0. The fraction of sp³-hybridized carbons (Fsp3) is 0.854. The van der Waals surface area contributed by atoms with Crippen LogP contribution in [-0.2, 0) is 28.2 Å². The Morgan fingerprint density at radius 1 is 0.500 bits per heavy atom. The Morgan fingerprint density at radius 3 is 1.22 bits per heavy atom. The molecule has 0 saturated heterocycles. The molecule has 0 amide bonds. The van der Waals surface area contributed by atoms with Gasteiger partial charge in [-0.05, 0) is 64.2 Å². The lowest BCUT2D eigenvalue weighted by molar-refractivity contribution is -0.161. The van der Waals surface area contributed by atoms with Gasteiger partial charge in [-0.2, -0.15) is 0 Å². The van der Waals surface area contributed by atoms with Gasteiger partial charge in [-0.15, -0.1) is 0 Å². The van der Waals surface area contributed by atoms with Gasteiger partial charge in [-0.1, -0.05) is 154 Å². The van der Waals surface area contributed by atoms with Gasteiger partial charge in [-0.3, -0.25) is 14.1 Å². The Hall–Kier alpha value is -1.47. The maximum Gasteiger partial charge on any atom is 0.469 e. The zero-order chi connectivity index (χ0) is 36.8. The Labute approximate surface area is 307 Å². The third-order valence-corrected chi connectivity index (χ3v) is 9.43. The summed E-state index contributed by atoms with van der Waals surface area (Å²) in [5, 5.41) is 0. The number of hydrogen-bond acceptors (Lipinski definition) is 6. The molecule has 1 unspecified atom stereocenters. The molecule has 0 radical (unpaired) electrons. The summed E-state index contributed by atoms with van der Waals surface area (Å²) in [6.07, 6.45) is 41.8. The van der Waals surface area contributed by atoms with Crippen molar-refractivity contribution in [1.82, 2.24) is 0 Å². The van der Waals surface area contributed by atoms with Crippen molar-refractivity contribution >= 4 is 19.8 Å². The summed E-state index contributed by atoms with van der Waals surface area (Å²) in [4.78, 5) is 42.8. The Morgan fingerprint density at radius 2 is 0.840 bits per heavy atom. The van der Waals surface area contributed by atoms with Crippen LogP contribution >= 0.6 is 7.82 Å². The average Bonchev–Trinajstić information content (AvgIpc) is 3.08. The fourth-order valence-corrected chi connectivity index (χ4v) is 6.19. The zero-order valence-electron chi connectivity index (χ0n) is 32.3. The molecule has 0 aromatic rings. The van der Waals surface area contributed by atoms with E-state index < -0.39 is 32.5 Å². The number of carbonyl (C=O) groups is 2. The molecule has 0 rings (SSSR count). The molecule has 50 heavy (non-hydrogen) atoms. The van der Waals surface area contributed by atoms with Crippen LogP contribution in [0.5, 0.6) is 0 Å². The molecular weight excluding hydrogens is 651 g/mol. The number of unbranched alkanes of at least 4 members (excludes halogenated alkanes) is 24. The number of allylic oxidation sites excluding steroid dienone is 4. The lowest BCUT2D eigenvalue weighted by Gasteiger charge is -2.18. The second-order valence-corrected chi connectivity index (χ2v) is 15.2. The van der Waals surface area contributed by atoms with Crippen molar-refractivity contribution in [2.24, 2.45) is 0 Å². The molecule has 0 aromatic heterocycles. The molecule has 0 aliphatic rings. The second kappa shape index (κ2) is 37.3. The second-order valence-electron chi connectivity index (χ2n) is 14.0. The molecule has 0 saturated carbocycles. The molecule has 9 heteroatoms. The molecule has 0 fully saturated rings. The van der Waals surface area contributed by atoms with Crippen LogP contribution in [-0.4, -0.2) is 41.0 Å². The first kappa shape index (κ1) is 48.5. The van der Waals surface area contributed by atoms with Crippen LogP contribution in [0.1, 0.15) is 206 Å². The summed E-state index contributed by atoms with van der Waals surface area (Å²) in [5.74, 6) is -0.894. The average molecular weight is 729 g/mol. The molecule has 2 N–H and O–H groups in total. The standard InChI is InChI=1S/C41H77O8P/c1-3-5-7-9-11-13-15-17-19-20-21-22-24-26-28-30-32-34-36-41(43)49-39(38-48-50(44,45)46)37-47-40(42)35-33-31-29-27-25-23-18-16-14-12-10-8-6-4-2/h16,18-20,39H,3-15,17,21-38H2,1-2H3,(H2,44,45,46)/b18-16-,20-19-. The van der Waals surface area contributed by atoms with E-state index in [0.29, 0.717) is 12.8 Å². The number of hydrogen-bond donors (Lipinski definition) is 2. The minimum absolute atomic E-state index is 0.207. The van der Waals surface area contributed by atoms with Gasteiger partial charge in [0.2, 0.25) is 0 Å². The summed E-state index contributed by atoms with van der Waals surface area (Å²) < 4.78 is 26.4. The molecule has 0 bridgehead atoms. The number of phosphoric ester groups is 1. The predicted molar refractivity (Wildman–Crippen MR) is 207 cm³/mol. The maximum atomic E-state index is 12.4. The van der Waals surface area contributed by atoms with Crippen molar-refractivity contribution in [2.45, 2.75) is 213 Å². The van der Waals surface area contributed by atoms with Gasteiger partial charge in [0, 0.05) is 12.8 Å². The van der Waals surface area contributed by atoms with E-state index in [1.54, 1.807) is 0 Å². The van der Waals surface area contributed by atoms with E-state index in [2.05, 4.69) is 42.7 Å². The van der Waals surface area contributed by atoms with Gasteiger partial charge in [-0.25, -0.2) is 4.57 Å². The minimum Gasteiger partial charge on any atom is -0.462 e. The minimum atomic E-state index is -4.75. The topological polar surface area (TPSA) is 119 Å². The molecule has 8 nitrogen and oxygen atoms in total. The summed E-state index contributed by atoms with van der Waals surface area (Å²) in [6, 6.07) is 0. The lowest BCUT2D eigenvalue weighted by atomic mass is 10.1. The van der Waals surface area contributed by atoms with E-state index in [0.717, 1.165) is 57.8 Å². The van der Waals surface area contributed by atoms with Gasteiger partial charge in [0.25, 0.3) is 0 Å². The van der Waals surface area contributed by atoms with Crippen molar-refractivity contribution in [2.75, 3.05) is 13.2 Å². The van der Waals surface area contributed by atoms with Crippen LogP contribution in [0.2, 0.25) is 0 Å². The van der Waals surface area contributed by atoms with Crippen molar-refractivity contribution in [3.05, 3.63) is 24.3 Å². The quantitative estimate of drug-likeness (QED) is 0.0279. The van der Waals surface area contributed by atoms with E-state index in [1.807, 2.05) is 0 Å². The van der Waals surface area contributed by atoms with Crippen LogP contribution in [0.15, 0.2) is 24.3 Å². The van der Waals surface area contributed by atoms with Gasteiger partial charge >= 0.3 is 19.8 Å². The van der Waals surface area contributed by atoms with Crippen molar-refractivity contribution in [1.29, 1.82) is 0 Å². The van der Waals surface area contributed by atoms with Gasteiger partial charge in [0.15, 0.2) is 6.10 Å². The van der Waals surface area contributed by atoms with E-state index in [4.69, 9.17) is 19.3 Å². The molecule has 0 spiro atoms. The smallest absolute Gasteiger partial charge is 0.462 e. The summed E-state index contributed by atoms with van der Waals surface area (Å²) >= 11 is 0. The lowest BCUT2D eigenvalue weighted by Crippen LogP contribution is -2.29. The van der Waals surface area contributed by atoms with Crippen LogP contribution in [0.4, 0.5) is 0 Å². The molecule has 0 aliphatic carbocycles. The van der Waals surface area contributed by atoms with Crippen LogP contribution in [0, 0.1) is 0 Å². The third kappa shape index (κ3) is 39.3. The Kier molecular flexibility index (Phi) is 36.2. The van der Waals surface area contributed by atoms with E-state index in [-0.39, 0.29) is 19.4 Å².